The fourth-order valence-electron chi connectivity index (χ4n) is 8.70. The largest absolute Gasteiger partial charge is 0.478 e. The van der Waals surface area contributed by atoms with Crippen LogP contribution in [0, 0.1) is 33.5 Å². The molecule has 2 fully saturated rings. The summed E-state index contributed by atoms with van der Waals surface area (Å²) < 4.78 is 0. The maximum absolute atomic E-state index is 14.0. The molecule has 0 aromatic heterocycles. The van der Waals surface area contributed by atoms with Gasteiger partial charge >= 0.3 is 5.97 Å². The van der Waals surface area contributed by atoms with Crippen molar-refractivity contribution in [3.8, 4) is 0 Å². The molecular formula is C30H42O7. The Morgan fingerprint density at radius 3 is 2.27 bits per heavy atom. The smallest absolute Gasteiger partial charge is 0.330 e. The second-order valence-corrected chi connectivity index (χ2v) is 13.6. The molecule has 7 nitrogen and oxygen atoms in total. The number of aliphatic carboxylic acids is 1. The zero-order chi connectivity index (χ0) is 27.9. The Hall–Kier alpha value is -2.12. The molecule has 0 unspecified atom stereocenters. The highest BCUT2D eigenvalue weighted by atomic mass is 16.4. The molecule has 7 atom stereocenters. The van der Waals surface area contributed by atoms with Gasteiger partial charge in [0.05, 0.1) is 17.1 Å². The number of carbonyl (C=O) groups excluding carboxylic acids is 3. The number of ketones is 3. The van der Waals surface area contributed by atoms with Crippen LogP contribution in [0.5, 0.6) is 0 Å². The predicted octanol–water partition coefficient (Wildman–Crippen LogP) is 4.20. The molecule has 4 rings (SSSR count). The number of aliphatic hydroxyl groups is 2. The van der Waals surface area contributed by atoms with Crippen molar-refractivity contribution in [1.82, 2.24) is 0 Å². The second-order valence-electron chi connectivity index (χ2n) is 13.6. The van der Waals surface area contributed by atoms with Crippen molar-refractivity contribution >= 4 is 23.3 Å². The molecule has 3 N–H and O–H groups in total. The van der Waals surface area contributed by atoms with E-state index in [1.165, 1.54) is 6.92 Å². The van der Waals surface area contributed by atoms with Crippen molar-refractivity contribution < 1.29 is 34.5 Å². The van der Waals surface area contributed by atoms with Crippen molar-refractivity contribution in [3.63, 3.8) is 0 Å². The van der Waals surface area contributed by atoms with Crippen LogP contribution in [-0.2, 0) is 19.2 Å². The standard InChI is InChI=1S/C30H42O7/c1-16(25(35)36)9-8-11-29(6,37)20-14-22(34)30(7)24-17(31)13-19-26(2,3)21(33)10-12-27(19,4)23(24)18(32)15-28(20,30)5/h9,19-21,33,37H,8,10-15H2,1-7H3,(H,35,36)/b16-9+/t19-,20-,21-,27-,28-,29-,30-/m1/s1. The fraction of sp³-hybridized carbons (Fsp3) is 0.733. The van der Waals surface area contributed by atoms with Crippen molar-refractivity contribution in [2.45, 2.75) is 105 Å². The summed E-state index contributed by atoms with van der Waals surface area (Å²) in [4.78, 5) is 53.0. The van der Waals surface area contributed by atoms with Gasteiger partial charge in [0.1, 0.15) is 5.78 Å². The minimum Gasteiger partial charge on any atom is -0.478 e. The van der Waals surface area contributed by atoms with E-state index in [1.807, 2.05) is 27.7 Å². The quantitative estimate of drug-likeness (QED) is 0.469. The van der Waals surface area contributed by atoms with E-state index in [1.54, 1.807) is 19.9 Å². The number of aliphatic hydroxyl groups excluding tert-OH is 1. The van der Waals surface area contributed by atoms with Crippen LogP contribution in [0.2, 0.25) is 0 Å². The van der Waals surface area contributed by atoms with E-state index in [9.17, 15) is 29.4 Å². The van der Waals surface area contributed by atoms with Gasteiger partial charge in [-0.2, -0.15) is 0 Å². The Labute approximate surface area is 219 Å². The van der Waals surface area contributed by atoms with E-state index in [0.29, 0.717) is 30.4 Å². The Balaban J connectivity index is 1.80. The minimum absolute atomic E-state index is 0.0588. The van der Waals surface area contributed by atoms with Crippen LogP contribution in [0.3, 0.4) is 0 Å². The average Bonchev–Trinajstić information content (AvgIpc) is 2.99. The number of allylic oxidation sites excluding steroid dienone is 3. The lowest BCUT2D eigenvalue weighted by Crippen LogP contribution is -2.60. The van der Waals surface area contributed by atoms with E-state index in [-0.39, 0.29) is 54.5 Å². The van der Waals surface area contributed by atoms with Crippen LogP contribution >= 0.6 is 0 Å². The van der Waals surface area contributed by atoms with Crippen molar-refractivity contribution in [1.29, 1.82) is 0 Å². The number of fused-ring (bicyclic) bond motifs is 4. The number of carboxylic acid groups (broad SMARTS) is 1. The first kappa shape index (κ1) is 27.9. The normalized spacial score (nSPS) is 41.2. The Morgan fingerprint density at radius 2 is 1.68 bits per heavy atom. The molecule has 0 amide bonds. The van der Waals surface area contributed by atoms with Crippen LogP contribution in [0.25, 0.3) is 0 Å². The molecule has 4 aliphatic rings. The Kier molecular flexibility index (Phi) is 6.36. The first-order valence-corrected chi connectivity index (χ1v) is 13.5. The summed E-state index contributed by atoms with van der Waals surface area (Å²) in [6.45, 7) is 12.8. The Bertz CT molecular complexity index is 1140. The van der Waals surface area contributed by atoms with E-state index in [0.717, 1.165) is 0 Å². The third-order valence-corrected chi connectivity index (χ3v) is 11.3. The molecule has 0 radical (unpaired) electrons. The van der Waals surface area contributed by atoms with Crippen LogP contribution < -0.4 is 0 Å². The molecular weight excluding hydrogens is 472 g/mol. The number of hydrogen-bond acceptors (Lipinski definition) is 6. The van der Waals surface area contributed by atoms with Crippen molar-refractivity contribution in [2.75, 3.05) is 0 Å². The van der Waals surface area contributed by atoms with Gasteiger partial charge in [0, 0.05) is 47.3 Å². The highest BCUT2D eigenvalue weighted by molar-refractivity contribution is 6.16. The molecule has 0 spiro atoms. The van der Waals surface area contributed by atoms with Gasteiger partial charge in [-0.15, -0.1) is 0 Å². The number of carbonyl (C=O) groups is 4. The zero-order valence-corrected chi connectivity index (χ0v) is 23.2. The number of rotatable bonds is 5. The summed E-state index contributed by atoms with van der Waals surface area (Å²) in [5.74, 6) is -2.21. The number of carboxylic acids is 1. The molecule has 0 aromatic rings. The van der Waals surface area contributed by atoms with Crippen LogP contribution in [0.15, 0.2) is 22.8 Å². The van der Waals surface area contributed by atoms with E-state index in [4.69, 9.17) is 5.11 Å². The van der Waals surface area contributed by atoms with E-state index >= 15 is 0 Å². The topological polar surface area (TPSA) is 129 Å². The molecule has 7 heteroatoms. The van der Waals surface area contributed by atoms with Gasteiger partial charge in [0.15, 0.2) is 11.6 Å². The SMILES string of the molecule is C/C(=C\CC[C@@](C)(O)[C@@H]1CC(=O)[C@]2(C)C3=C(C(=O)C[C@]12C)[C@]1(C)CC[C@@H](O)C(C)(C)[C@H]1CC3=O)C(=O)O. The minimum atomic E-state index is -1.34. The summed E-state index contributed by atoms with van der Waals surface area (Å²) in [5, 5.41) is 31.5. The maximum Gasteiger partial charge on any atom is 0.330 e. The third kappa shape index (κ3) is 3.67. The average molecular weight is 515 g/mol. The summed E-state index contributed by atoms with van der Waals surface area (Å²) in [6, 6.07) is 0. The van der Waals surface area contributed by atoms with Gasteiger partial charge < -0.3 is 15.3 Å². The van der Waals surface area contributed by atoms with Gasteiger partial charge in [-0.25, -0.2) is 4.79 Å². The number of hydrogen-bond donors (Lipinski definition) is 3. The Morgan fingerprint density at radius 1 is 1.05 bits per heavy atom. The molecule has 0 saturated heterocycles. The number of Topliss-reactive ketones (excluding diaryl/α,β-unsaturated/α-hetero) is 3. The van der Waals surface area contributed by atoms with E-state index < -0.39 is 45.3 Å². The zero-order valence-electron chi connectivity index (χ0n) is 23.2. The summed E-state index contributed by atoms with van der Waals surface area (Å²) in [7, 11) is 0. The fourth-order valence-corrected chi connectivity index (χ4v) is 8.70. The molecule has 4 aliphatic carbocycles. The molecule has 204 valence electrons. The van der Waals surface area contributed by atoms with Crippen molar-refractivity contribution in [2.24, 2.45) is 33.5 Å². The van der Waals surface area contributed by atoms with Crippen LogP contribution in [0.4, 0.5) is 0 Å². The lowest BCUT2D eigenvalue weighted by atomic mass is 9.42. The van der Waals surface area contributed by atoms with Crippen LogP contribution in [-0.4, -0.2) is 50.3 Å². The monoisotopic (exact) mass is 514 g/mol. The predicted molar refractivity (Wildman–Crippen MR) is 137 cm³/mol. The molecule has 2 saturated carbocycles. The highest BCUT2D eigenvalue weighted by Gasteiger charge is 2.71. The van der Waals surface area contributed by atoms with Gasteiger partial charge in [0.2, 0.25) is 0 Å². The van der Waals surface area contributed by atoms with Gasteiger partial charge in [-0.1, -0.05) is 33.8 Å². The highest BCUT2D eigenvalue weighted by Crippen LogP contribution is 2.70. The van der Waals surface area contributed by atoms with Gasteiger partial charge in [-0.05, 0) is 63.2 Å². The first-order chi connectivity index (χ1) is 16.9. The summed E-state index contributed by atoms with van der Waals surface area (Å²) >= 11 is 0. The van der Waals surface area contributed by atoms with E-state index in [2.05, 4.69) is 0 Å². The molecule has 37 heavy (non-hydrogen) atoms. The lowest BCUT2D eigenvalue weighted by molar-refractivity contribution is -0.147. The molecule has 0 aliphatic heterocycles. The molecule has 0 aromatic carbocycles. The second kappa shape index (κ2) is 8.44. The molecule has 0 bridgehead atoms. The third-order valence-electron chi connectivity index (χ3n) is 11.3. The van der Waals surface area contributed by atoms with Gasteiger partial charge in [0.25, 0.3) is 0 Å². The summed E-state index contributed by atoms with van der Waals surface area (Å²) in [5.41, 5.74) is -3.60. The summed E-state index contributed by atoms with van der Waals surface area (Å²) in [6.07, 6.45) is 2.98. The lowest BCUT2D eigenvalue weighted by Gasteiger charge is -2.60. The van der Waals surface area contributed by atoms with Gasteiger partial charge in [-0.3, -0.25) is 14.4 Å². The first-order valence-electron chi connectivity index (χ1n) is 13.5. The van der Waals surface area contributed by atoms with Crippen molar-refractivity contribution in [3.05, 3.63) is 22.8 Å². The maximum atomic E-state index is 14.0. The van der Waals surface area contributed by atoms with Crippen LogP contribution in [0.1, 0.15) is 93.4 Å². The molecule has 0 heterocycles.